The molecule has 0 aromatic carbocycles. The Bertz CT molecular complexity index is 277. The van der Waals surface area contributed by atoms with Crippen LogP contribution in [0.25, 0.3) is 0 Å². The highest BCUT2D eigenvalue weighted by Gasteiger charge is 2.19. The summed E-state index contributed by atoms with van der Waals surface area (Å²) in [5.74, 6) is 0.469. The van der Waals surface area contributed by atoms with Gasteiger partial charge in [0.15, 0.2) is 0 Å². The van der Waals surface area contributed by atoms with Crippen LogP contribution in [0, 0.1) is 0 Å². The number of nitrogens with one attached hydrogen (secondary N) is 1. The van der Waals surface area contributed by atoms with Crippen LogP contribution in [-0.4, -0.2) is 16.1 Å². The maximum absolute atomic E-state index is 4.23. The highest BCUT2D eigenvalue weighted by molar-refractivity contribution is 7.05. The molecule has 0 fully saturated rings. The van der Waals surface area contributed by atoms with Crippen molar-refractivity contribution in [2.45, 2.75) is 52.5 Å². The SMILES string of the molecule is CCCC(NCC)c1snnc1C(C)C. The summed E-state index contributed by atoms with van der Waals surface area (Å²) in [6, 6.07) is 0.442. The van der Waals surface area contributed by atoms with Gasteiger partial charge in [-0.1, -0.05) is 38.6 Å². The van der Waals surface area contributed by atoms with Crippen LogP contribution in [-0.2, 0) is 0 Å². The van der Waals surface area contributed by atoms with E-state index < -0.39 is 0 Å². The second kappa shape index (κ2) is 6.18. The smallest absolute Gasteiger partial charge is 0.0829 e. The van der Waals surface area contributed by atoms with Gasteiger partial charge in [-0.25, -0.2) is 0 Å². The van der Waals surface area contributed by atoms with Gasteiger partial charge in [0.1, 0.15) is 0 Å². The molecule has 1 unspecified atom stereocenters. The second-order valence-electron chi connectivity index (χ2n) is 4.08. The third kappa shape index (κ3) is 3.24. The van der Waals surface area contributed by atoms with E-state index in [1.165, 1.54) is 17.0 Å². The maximum atomic E-state index is 4.23. The summed E-state index contributed by atoms with van der Waals surface area (Å²) >= 11 is 1.54. The van der Waals surface area contributed by atoms with Crippen molar-refractivity contribution in [2.24, 2.45) is 0 Å². The van der Waals surface area contributed by atoms with E-state index in [-0.39, 0.29) is 0 Å². The summed E-state index contributed by atoms with van der Waals surface area (Å²) in [6.45, 7) is 9.71. The Morgan fingerprint density at radius 1 is 1.33 bits per heavy atom. The molecule has 1 N–H and O–H groups in total. The largest absolute Gasteiger partial charge is 0.309 e. The van der Waals surface area contributed by atoms with E-state index >= 15 is 0 Å². The molecule has 1 aromatic heterocycles. The monoisotopic (exact) mass is 227 g/mol. The topological polar surface area (TPSA) is 37.8 Å². The van der Waals surface area contributed by atoms with Crippen LogP contribution in [0.2, 0.25) is 0 Å². The summed E-state index contributed by atoms with van der Waals surface area (Å²) < 4.78 is 4.08. The van der Waals surface area contributed by atoms with Crippen molar-refractivity contribution in [3.05, 3.63) is 10.6 Å². The van der Waals surface area contributed by atoms with Crippen molar-refractivity contribution >= 4 is 11.5 Å². The minimum atomic E-state index is 0.442. The Morgan fingerprint density at radius 3 is 2.60 bits per heavy atom. The van der Waals surface area contributed by atoms with Crippen molar-refractivity contribution < 1.29 is 0 Å². The van der Waals surface area contributed by atoms with Crippen LogP contribution in [0.4, 0.5) is 0 Å². The molecule has 1 rings (SSSR count). The first-order valence-corrected chi connectivity index (χ1v) is 6.53. The molecule has 15 heavy (non-hydrogen) atoms. The van der Waals surface area contributed by atoms with Gasteiger partial charge >= 0.3 is 0 Å². The normalized spacial score (nSPS) is 13.4. The predicted molar refractivity (Wildman–Crippen MR) is 65.3 cm³/mol. The first-order chi connectivity index (χ1) is 7.20. The molecule has 0 radical (unpaired) electrons. The number of hydrogen-bond donors (Lipinski definition) is 1. The molecule has 0 saturated carbocycles. The molecule has 1 heterocycles. The number of hydrogen-bond acceptors (Lipinski definition) is 4. The van der Waals surface area contributed by atoms with Crippen LogP contribution in [0.15, 0.2) is 0 Å². The molecule has 0 bridgehead atoms. The molecule has 0 spiro atoms. The highest BCUT2D eigenvalue weighted by Crippen LogP contribution is 2.28. The van der Waals surface area contributed by atoms with Crippen LogP contribution in [0.3, 0.4) is 0 Å². The second-order valence-corrected chi connectivity index (χ2v) is 4.86. The molecule has 4 heteroatoms. The third-order valence-corrected chi connectivity index (χ3v) is 3.29. The van der Waals surface area contributed by atoms with Crippen molar-refractivity contribution in [1.82, 2.24) is 14.9 Å². The van der Waals surface area contributed by atoms with Crippen molar-refractivity contribution in [3.8, 4) is 0 Å². The van der Waals surface area contributed by atoms with Crippen LogP contribution in [0.1, 0.15) is 63.1 Å². The molecule has 0 aliphatic rings. The molecule has 0 saturated heterocycles. The Hall–Kier alpha value is -0.480. The van der Waals surface area contributed by atoms with Crippen LogP contribution < -0.4 is 5.32 Å². The third-order valence-electron chi connectivity index (χ3n) is 2.43. The number of nitrogens with zero attached hydrogens (tertiary/aromatic N) is 2. The lowest BCUT2D eigenvalue weighted by molar-refractivity contribution is 0.510. The molecule has 0 aliphatic heterocycles. The van der Waals surface area contributed by atoms with E-state index in [0.29, 0.717) is 12.0 Å². The lowest BCUT2D eigenvalue weighted by atomic mass is 10.0. The minimum absolute atomic E-state index is 0.442. The Labute approximate surface area is 96.5 Å². The van der Waals surface area contributed by atoms with Crippen LogP contribution in [0.5, 0.6) is 0 Å². The summed E-state index contributed by atoms with van der Waals surface area (Å²) in [4.78, 5) is 1.33. The molecule has 0 aliphatic carbocycles. The van der Waals surface area contributed by atoms with Gasteiger partial charge in [-0.2, -0.15) is 0 Å². The molecule has 0 amide bonds. The van der Waals surface area contributed by atoms with E-state index in [0.717, 1.165) is 13.0 Å². The number of rotatable bonds is 6. The van der Waals surface area contributed by atoms with Gasteiger partial charge < -0.3 is 5.32 Å². The van der Waals surface area contributed by atoms with Gasteiger partial charge in [-0.3, -0.25) is 0 Å². The van der Waals surface area contributed by atoms with E-state index in [1.54, 1.807) is 11.5 Å². The molecular formula is C11H21N3S. The maximum Gasteiger partial charge on any atom is 0.0829 e. The predicted octanol–water partition coefficient (Wildman–Crippen LogP) is 3.11. The van der Waals surface area contributed by atoms with E-state index in [4.69, 9.17) is 0 Å². The lowest BCUT2D eigenvalue weighted by Crippen LogP contribution is -2.21. The van der Waals surface area contributed by atoms with Gasteiger partial charge in [0.05, 0.1) is 10.6 Å². The summed E-state index contributed by atoms with van der Waals surface area (Å²) in [5.41, 5.74) is 1.17. The van der Waals surface area contributed by atoms with Gasteiger partial charge in [-0.15, -0.1) is 5.10 Å². The van der Waals surface area contributed by atoms with E-state index in [2.05, 4.69) is 42.6 Å². The average molecular weight is 227 g/mol. The van der Waals surface area contributed by atoms with Gasteiger partial charge in [0, 0.05) is 6.04 Å². The summed E-state index contributed by atoms with van der Waals surface area (Å²) in [6.07, 6.45) is 2.35. The lowest BCUT2D eigenvalue weighted by Gasteiger charge is -2.16. The Kier molecular flexibility index (Phi) is 5.19. The van der Waals surface area contributed by atoms with Crippen molar-refractivity contribution in [3.63, 3.8) is 0 Å². The first kappa shape index (κ1) is 12.6. The number of aromatic nitrogens is 2. The van der Waals surface area contributed by atoms with Crippen molar-refractivity contribution in [2.75, 3.05) is 6.54 Å². The molecule has 3 nitrogen and oxygen atoms in total. The molecule has 1 aromatic rings. The highest BCUT2D eigenvalue weighted by atomic mass is 32.1. The quantitative estimate of drug-likeness (QED) is 0.811. The van der Waals surface area contributed by atoms with Gasteiger partial charge in [0.2, 0.25) is 0 Å². The summed E-state index contributed by atoms with van der Waals surface area (Å²) in [5, 5.41) is 7.74. The van der Waals surface area contributed by atoms with E-state index in [9.17, 15) is 0 Å². The summed E-state index contributed by atoms with van der Waals surface area (Å²) in [7, 11) is 0. The fraction of sp³-hybridized carbons (Fsp3) is 0.818. The first-order valence-electron chi connectivity index (χ1n) is 5.76. The molecule has 86 valence electrons. The Morgan fingerprint density at radius 2 is 2.07 bits per heavy atom. The fourth-order valence-corrected chi connectivity index (χ4v) is 2.62. The van der Waals surface area contributed by atoms with Gasteiger partial charge in [0.25, 0.3) is 0 Å². The molecule has 1 atom stereocenters. The van der Waals surface area contributed by atoms with Gasteiger partial charge in [-0.05, 0) is 30.4 Å². The fourth-order valence-electron chi connectivity index (χ4n) is 1.71. The van der Waals surface area contributed by atoms with Crippen LogP contribution >= 0.6 is 11.5 Å². The zero-order valence-electron chi connectivity index (χ0n) is 10.1. The van der Waals surface area contributed by atoms with E-state index in [1.807, 2.05) is 0 Å². The molecular weight excluding hydrogens is 206 g/mol. The zero-order valence-corrected chi connectivity index (χ0v) is 10.9. The standard InChI is InChI=1S/C11H21N3S/c1-5-7-9(12-6-2)11-10(8(3)4)13-14-15-11/h8-9,12H,5-7H2,1-4H3. The van der Waals surface area contributed by atoms with Crippen molar-refractivity contribution in [1.29, 1.82) is 0 Å². The Balaban J connectivity index is 2.84. The zero-order chi connectivity index (χ0) is 11.3. The minimum Gasteiger partial charge on any atom is -0.309 e. The average Bonchev–Trinajstić information content (AvgIpc) is 2.65.